The molecule has 4 atom stereocenters. The van der Waals surface area contributed by atoms with E-state index in [-0.39, 0.29) is 18.0 Å². The molecule has 2 N–H and O–H groups in total. The van der Waals surface area contributed by atoms with Gasteiger partial charge in [0.05, 0.1) is 30.5 Å². The van der Waals surface area contributed by atoms with Crippen LogP contribution in [0.2, 0.25) is 0 Å². The van der Waals surface area contributed by atoms with Crippen LogP contribution in [0.4, 0.5) is 0 Å². The monoisotopic (exact) mass is 296 g/mol. The number of nitrogens with zero attached hydrogens (tertiary/aromatic N) is 4. The van der Waals surface area contributed by atoms with Crippen molar-refractivity contribution in [2.45, 2.75) is 30.6 Å². The highest BCUT2D eigenvalue weighted by Gasteiger charge is 2.44. The van der Waals surface area contributed by atoms with Crippen molar-refractivity contribution in [1.82, 2.24) is 19.5 Å². The minimum Gasteiger partial charge on any atom is -0.394 e. The summed E-state index contributed by atoms with van der Waals surface area (Å²) >= 11 is 1.58. The van der Waals surface area contributed by atoms with Crippen molar-refractivity contribution in [2.24, 2.45) is 0 Å². The van der Waals surface area contributed by atoms with E-state index in [1.807, 2.05) is 6.92 Å². The molecule has 1 aliphatic heterocycles. The molecule has 0 radical (unpaired) electrons. The van der Waals surface area contributed by atoms with E-state index in [0.29, 0.717) is 11.2 Å². The zero-order valence-electron chi connectivity index (χ0n) is 11.0. The summed E-state index contributed by atoms with van der Waals surface area (Å²) in [6, 6.07) is 0. The Morgan fingerprint density at radius 1 is 1.45 bits per heavy atom. The number of fused-ring (bicyclic) bond motifs is 1. The zero-order chi connectivity index (χ0) is 14.1. The molecule has 0 saturated carbocycles. The van der Waals surface area contributed by atoms with Crippen molar-refractivity contribution in [3.05, 3.63) is 18.9 Å². The standard InChI is InChI=1S/C12H16N4O3S/c1-2-20-10-8(4-17)19-12(9(10)18)16-6-15-7-3-13-5-14-11(7)16/h3,5-6,8-10,12,17-18H,2,4H2,1H3. The molecule has 0 aromatic carbocycles. The maximum Gasteiger partial charge on any atom is 0.165 e. The van der Waals surface area contributed by atoms with Gasteiger partial charge in [-0.25, -0.2) is 15.0 Å². The van der Waals surface area contributed by atoms with E-state index >= 15 is 0 Å². The maximum atomic E-state index is 10.5. The van der Waals surface area contributed by atoms with Crippen LogP contribution >= 0.6 is 11.8 Å². The third-order valence-electron chi connectivity index (χ3n) is 3.36. The predicted molar refractivity (Wildman–Crippen MR) is 74.2 cm³/mol. The Bertz CT molecular complexity index is 593. The first-order chi connectivity index (χ1) is 9.76. The van der Waals surface area contributed by atoms with Crippen LogP contribution in [0.15, 0.2) is 18.9 Å². The number of aliphatic hydroxyl groups excluding tert-OH is 2. The van der Waals surface area contributed by atoms with Crippen molar-refractivity contribution in [1.29, 1.82) is 0 Å². The van der Waals surface area contributed by atoms with E-state index in [1.165, 1.54) is 6.33 Å². The van der Waals surface area contributed by atoms with Crippen molar-refractivity contribution in [2.75, 3.05) is 12.4 Å². The van der Waals surface area contributed by atoms with Crippen LogP contribution in [0.5, 0.6) is 0 Å². The first-order valence-corrected chi connectivity index (χ1v) is 7.49. The second-order valence-electron chi connectivity index (χ2n) is 4.54. The number of hydrogen-bond donors (Lipinski definition) is 2. The number of ether oxygens (including phenoxy) is 1. The molecular weight excluding hydrogens is 280 g/mol. The van der Waals surface area contributed by atoms with E-state index in [4.69, 9.17) is 4.74 Å². The van der Waals surface area contributed by atoms with Gasteiger partial charge in [-0.05, 0) is 5.75 Å². The van der Waals surface area contributed by atoms with Crippen LogP contribution in [0.3, 0.4) is 0 Å². The Hall–Kier alpha value is -1.22. The van der Waals surface area contributed by atoms with E-state index in [0.717, 1.165) is 5.75 Å². The average Bonchev–Trinajstić information content (AvgIpc) is 3.02. The summed E-state index contributed by atoms with van der Waals surface area (Å²) in [6.45, 7) is 1.89. The first kappa shape index (κ1) is 13.7. The van der Waals surface area contributed by atoms with Crippen LogP contribution in [0.1, 0.15) is 13.2 Å². The predicted octanol–water partition coefficient (Wildman–Crippen LogP) is 0.199. The highest BCUT2D eigenvalue weighted by Crippen LogP contribution is 2.37. The summed E-state index contributed by atoms with van der Waals surface area (Å²) in [5, 5.41) is 19.7. The molecule has 3 heterocycles. The SMILES string of the molecule is CCSC1C(CO)OC(n2cnc3cncnc32)C1O. The lowest BCUT2D eigenvalue weighted by Crippen LogP contribution is -2.31. The third-order valence-corrected chi connectivity index (χ3v) is 4.66. The summed E-state index contributed by atoms with van der Waals surface area (Å²) in [6.07, 6.45) is 2.94. The highest BCUT2D eigenvalue weighted by molar-refractivity contribution is 8.00. The van der Waals surface area contributed by atoms with Crippen LogP contribution < -0.4 is 0 Å². The summed E-state index contributed by atoms with van der Waals surface area (Å²) in [5.41, 5.74) is 1.26. The van der Waals surface area contributed by atoms with Gasteiger partial charge in [-0.1, -0.05) is 6.92 Å². The van der Waals surface area contributed by atoms with Gasteiger partial charge in [-0.15, -0.1) is 0 Å². The fourth-order valence-electron chi connectivity index (χ4n) is 2.47. The molecule has 1 fully saturated rings. The number of aromatic nitrogens is 4. The molecule has 20 heavy (non-hydrogen) atoms. The summed E-state index contributed by atoms with van der Waals surface area (Å²) < 4.78 is 7.48. The summed E-state index contributed by atoms with van der Waals surface area (Å²) in [5.74, 6) is 0.848. The van der Waals surface area contributed by atoms with Crippen molar-refractivity contribution >= 4 is 22.9 Å². The second kappa shape index (κ2) is 5.65. The number of imidazole rings is 1. The number of aliphatic hydroxyl groups is 2. The van der Waals surface area contributed by atoms with E-state index in [9.17, 15) is 10.2 Å². The Kier molecular flexibility index (Phi) is 3.88. The second-order valence-corrected chi connectivity index (χ2v) is 6.00. The minimum atomic E-state index is -0.718. The van der Waals surface area contributed by atoms with E-state index < -0.39 is 12.3 Å². The lowest BCUT2D eigenvalue weighted by molar-refractivity contribution is -0.0486. The van der Waals surface area contributed by atoms with Crippen LogP contribution in [-0.4, -0.2) is 59.5 Å². The van der Waals surface area contributed by atoms with Crippen LogP contribution in [-0.2, 0) is 4.74 Å². The van der Waals surface area contributed by atoms with Gasteiger partial charge in [0.2, 0.25) is 0 Å². The Morgan fingerprint density at radius 3 is 3.05 bits per heavy atom. The molecule has 2 aromatic heterocycles. The quantitative estimate of drug-likeness (QED) is 0.832. The first-order valence-electron chi connectivity index (χ1n) is 6.44. The van der Waals surface area contributed by atoms with Crippen molar-refractivity contribution in [3.63, 3.8) is 0 Å². The number of rotatable bonds is 4. The fraction of sp³-hybridized carbons (Fsp3) is 0.583. The molecule has 0 spiro atoms. The van der Waals surface area contributed by atoms with E-state index in [1.54, 1.807) is 28.9 Å². The zero-order valence-corrected chi connectivity index (χ0v) is 11.8. The van der Waals surface area contributed by atoms with Crippen molar-refractivity contribution in [3.8, 4) is 0 Å². The molecule has 4 unspecified atom stereocenters. The smallest absolute Gasteiger partial charge is 0.165 e. The van der Waals surface area contributed by atoms with Gasteiger partial charge in [0.25, 0.3) is 0 Å². The third kappa shape index (κ3) is 2.18. The Balaban J connectivity index is 1.94. The molecule has 0 aliphatic carbocycles. The number of hydrogen-bond acceptors (Lipinski definition) is 7. The van der Waals surface area contributed by atoms with Gasteiger partial charge in [0, 0.05) is 0 Å². The van der Waals surface area contributed by atoms with Gasteiger partial charge in [0.15, 0.2) is 11.9 Å². The normalized spacial score (nSPS) is 30.1. The maximum absolute atomic E-state index is 10.5. The lowest BCUT2D eigenvalue weighted by Gasteiger charge is -2.18. The molecule has 1 saturated heterocycles. The van der Waals surface area contributed by atoms with Gasteiger partial charge >= 0.3 is 0 Å². The minimum absolute atomic E-state index is 0.118. The molecule has 8 heteroatoms. The van der Waals surface area contributed by atoms with E-state index in [2.05, 4.69) is 15.0 Å². The summed E-state index contributed by atoms with van der Waals surface area (Å²) in [7, 11) is 0. The molecule has 7 nitrogen and oxygen atoms in total. The van der Waals surface area contributed by atoms with Gasteiger partial charge in [-0.3, -0.25) is 4.57 Å². The Morgan fingerprint density at radius 2 is 2.30 bits per heavy atom. The van der Waals surface area contributed by atoms with Gasteiger partial charge < -0.3 is 14.9 Å². The fourth-order valence-corrected chi connectivity index (χ4v) is 3.55. The number of thioether (sulfide) groups is 1. The highest BCUT2D eigenvalue weighted by atomic mass is 32.2. The summed E-state index contributed by atoms with van der Waals surface area (Å²) in [4.78, 5) is 12.3. The topological polar surface area (TPSA) is 93.3 Å². The van der Waals surface area contributed by atoms with Crippen LogP contribution in [0, 0.1) is 0 Å². The molecule has 108 valence electrons. The molecule has 0 amide bonds. The molecular formula is C12H16N4O3S. The van der Waals surface area contributed by atoms with Crippen LogP contribution in [0.25, 0.3) is 11.2 Å². The lowest BCUT2D eigenvalue weighted by atomic mass is 10.2. The van der Waals surface area contributed by atoms with Gasteiger partial charge in [-0.2, -0.15) is 11.8 Å². The average molecular weight is 296 g/mol. The molecule has 3 rings (SSSR count). The Labute approximate surface area is 120 Å². The van der Waals surface area contributed by atoms with Crippen molar-refractivity contribution < 1.29 is 14.9 Å². The molecule has 1 aliphatic rings. The molecule has 0 bridgehead atoms. The largest absolute Gasteiger partial charge is 0.394 e. The molecule has 2 aromatic rings. The van der Waals surface area contributed by atoms with Gasteiger partial charge in [0.1, 0.15) is 17.9 Å².